The summed E-state index contributed by atoms with van der Waals surface area (Å²) < 4.78 is 0. The molecule has 1 aromatic carbocycles. The lowest BCUT2D eigenvalue weighted by molar-refractivity contribution is 0.0949. The van der Waals surface area contributed by atoms with Crippen molar-refractivity contribution in [2.45, 2.75) is 58.8 Å². The van der Waals surface area contributed by atoms with Crippen LogP contribution in [0.1, 0.15) is 68.6 Å². The molecular formula is C29H32N6O. The summed E-state index contributed by atoms with van der Waals surface area (Å²) in [6.45, 7) is 5.82. The Morgan fingerprint density at radius 1 is 1.08 bits per heavy atom. The van der Waals surface area contributed by atoms with E-state index in [1.165, 1.54) is 16.8 Å². The van der Waals surface area contributed by atoms with Gasteiger partial charge >= 0.3 is 0 Å². The Bertz CT molecular complexity index is 1310. The van der Waals surface area contributed by atoms with Gasteiger partial charge in [0.2, 0.25) is 0 Å². The van der Waals surface area contributed by atoms with Crippen molar-refractivity contribution in [1.82, 2.24) is 30.2 Å². The number of H-pyrrole nitrogens is 1. The summed E-state index contributed by atoms with van der Waals surface area (Å²) in [5, 5.41) is 3.07. The van der Waals surface area contributed by atoms with E-state index in [2.05, 4.69) is 55.5 Å². The van der Waals surface area contributed by atoms with E-state index in [9.17, 15) is 4.79 Å². The van der Waals surface area contributed by atoms with E-state index in [0.717, 1.165) is 54.9 Å². The second-order valence-electron chi connectivity index (χ2n) is 9.53. The fourth-order valence-electron chi connectivity index (χ4n) is 5.19. The van der Waals surface area contributed by atoms with Gasteiger partial charge in [0.25, 0.3) is 5.91 Å². The van der Waals surface area contributed by atoms with Gasteiger partial charge in [-0.2, -0.15) is 0 Å². The lowest BCUT2D eigenvalue weighted by atomic mass is 9.90. The highest BCUT2D eigenvalue weighted by atomic mass is 16.1. The van der Waals surface area contributed by atoms with Gasteiger partial charge in [0, 0.05) is 43.9 Å². The minimum absolute atomic E-state index is 0.0886. The number of hydrogen-bond donors (Lipinski definition) is 2. The molecule has 184 valence electrons. The maximum Gasteiger partial charge on any atom is 0.253 e. The van der Waals surface area contributed by atoms with E-state index in [1.807, 2.05) is 38.4 Å². The standard InChI is InChI=1S/C29H32N6O/c1-20-11-13-31-21(2)27(20)29(36)33-15-22-6-3-7-23(14-22)17-35(18-25-16-30-19-34-25)26-10-4-8-24-9-5-12-32-28(24)26/h3,5-7,9,11-14,16,19,26H,4,8,10,15,17-18H2,1-2H3,(H,30,34)(H,33,36). The molecular weight excluding hydrogens is 448 g/mol. The molecule has 7 nitrogen and oxygen atoms in total. The molecule has 0 saturated carbocycles. The average molecular weight is 481 g/mol. The number of nitrogens with zero attached hydrogens (tertiary/aromatic N) is 4. The monoisotopic (exact) mass is 480 g/mol. The van der Waals surface area contributed by atoms with Crippen molar-refractivity contribution >= 4 is 5.91 Å². The predicted molar refractivity (Wildman–Crippen MR) is 139 cm³/mol. The smallest absolute Gasteiger partial charge is 0.253 e. The fourth-order valence-corrected chi connectivity index (χ4v) is 5.19. The van der Waals surface area contributed by atoms with Crippen LogP contribution < -0.4 is 5.32 Å². The first-order chi connectivity index (χ1) is 17.6. The van der Waals surface area contributed by atoms with Gasteiger partial charge in [-0.15, -0.1) is 0 Å². The summed E-state index contributed by atoms with van der Waals surface area (Å²) in [7, 11) is 0. The number of aromatic amines is 1. The minimum atomic E-state index is -0.0886. The normalized spacial score (nSPS) is 15.0. The molecule has 1 aliphatic rings. The van der Waals surface area contributed by atoms with Crippen LogP contribution in [0.2, 0.25) is 0 Å². The van der Waals surface area contributed by atoms with Crippen LogP contribution in [0, 0.1) is 13.8 Å². The molecule has 0 radical (unpaired) electrons. The first kappa shape index (κ1) is 23.9. The van der Waals surface area contributed by atoms with Crippen LogP contribution in [0.25, 0.3) is 0 Å². The number of aromatic nitrogens is 4. The van der Waals surface area contributed by atoms with Gasteiger partial charge < -0.3 is 10.3 Å². The van der Waals surface area contributed by atoms with Crippen LogP contribution in [0.4, 0.5) is 0 Å². The highest BCUT2D eigenvalue weighted by Crippen LogP contribution is 2.34. The lowest BCUT2D eigenvalue weighted by Gasteiger charge is -2.35. The van der Waals surface area contributed by atoms with Gasteiger partial charge in [-0.3, -0.25) is 19.7 Å². The van der Waals surface area contributed by atoms with E-state index < -0.39 is 0 Å². The van der Waals surface area contributed by atoms with Gasteiger partial charge in [-0.25, -0.2) is 4.98 Å². The van der Waals surface area contributed by atoms with Crippen molar-refractivity contribution in [2.75, 3.05) is 0 Å². The van der Waals surface area contributed by atoms with E-state index in [1.54, 1.807) is 12.5 Å². The van der Waals surface area contributed by atoms with E-state index in [4.69, 9.17) is 4.98 Å². The zero-order valence-corrected chi connectivity index (χ0v) is 20.9. The van der Waals surface area contributed by atoms with E-state index in [0.29, 0.717) is 12.1 Å². The van der Waals surface area contributed by atoms with E-state index in [-0.39, 0.29) is 11.9 Å². The molecule has 36 heavy (non-hydrogen) atoms. The Hall–Kier alpha value is -3.84. The second kappa shape index (κ2) is 10.8. The largest absolute Gasteiger partial charge is 0.348 e. The van der Waals surface area contributed by atoms with Crippen molar-refractivity contribution in [1.29, 1.82) is 0 Å². The summed E-state index contributed by atoms with van der Waals surface area (Å²) in [5.41, 5.74) is 8.24. The zero-order chi connectivity index (χ0) is 24.9. The molecule has 0 bridgehead atoms. The summed E-state index contributed by atoms with van der Waals surface area (Å²) in [6, 6.07) is 14.8. The highest BCUT2D eigenvalue weighted by molar-refractivity contribution is 5.96. The van der Waals surface area contributed by atoms with Crippen LogP contribution in [-0.4, -0.2) is 30.7 Å². The molecule has 5 rings (SSSR count). The molecule has 0 aliphatic heterocycles. The quantitative estimate of drug-likeness (QED) is 0.377. The highest BCUT2D eigenvalue weighted by Gasteiger charge is 2.27. The Balaban J connectivity index is 1.33. The Morgan fingerprint density at radius 2 is 1.97 bits per heavy atom. The molecule has 1 aliphatic carbocycles. The average Bonchev–Trinajstić information content (AvgIpc) is 3.40. The third-order valence-electron chi connectivity index (χ3n) is 6.94. The SMILES string of the molecule is Cc1ccnc(C)c1C(=O)NCc1cccc(CN(Cc2cnc[nH]2)C2CCCc3cccnc32)c1. The number of imidazole rings is 1. The predicted octanol–water partition coefficient (Wildman–Crippen LogP) is 4.83. The maximum absolute atomic E-state index is 12.8. The maximum atomic E-state index is 12.8. The Kier molecular flexibility index (Phi) is 7.18. The lowest BCUT2D eigenvalue weighted by Crippen LogP contribution is -2.31. The van der Waals surface area contributed by atoms with Crippen molar-refractivity contribution in [3.63, 3.8) is 0 Å². The topological polar surface area (TPSA) is 86.8 Å². The number of fused-ring (bicyclic) bond motifs is 1. The Labute approximate surface area is 212 Å². The number of carbonyl (C=O) groups excluding carboxylic acids is 1. The molecule has 1 atom stereocenters. The van der Waals surface area contributed by atoms with Crippen LogP contribution in [0.3, 0.4) is 0 Å². The van der Waals surface area contributed by atoms with Gasteiger partial charge in [0.1, 0.15) is 0 Å². The molecule has 4 aromatic rings. The van der Waals surface area contributed by atoms with Crippen molar-refractivity contribution in [3.8, 4) is 0 Å². The van der Waals surface area contributed by atoms with Gasteiger partial charge in [-0.1, -0.05) is 30.3 Å². The first-order valence-corrected chi connectivity index (χ1v) is 12.5. The third kappa shape index (κ3) is 5.36. The van der Waals surface area contributed by atoms with E-state index >= 15 is 0 Å². The molecule has 3 aromatic heterocycles. The molecule has 1 amide bonds. The zero-order valence-electron chi connectivity index (χ0n) is 20.9. The number of rotatable bonds is 8. The minimum Gasteiger partial charge on any atom is -0.348 e. The molecule has 1 unspecified atom stereocenters. The van der Waals surface area contributed by atoms with Gasteiger partial charge in [0.15, 0.2) is 0 Å². The summed E-state index contributed by atoms with van der Waals surface area (Å²) in [5.74, 6) is -0.0886. The van der Waals surface area contributed by atoms with Crippen molar-refractivity contribution in [2.24, 2.45) is 0 Å². The number of amides is 1. The molecule has 7 heteroatoms. The number of nitrogens with one attached hydrogen (secondary N) is 2. The molecule has 0 fully saturated rings. The number of carbonyl (C=O) groups is 1. The molecule has 3 heterocycles. The molecule has 0 spiro atoms. The molecule has 0 saturated heterocycles. The molecule has 2 N–H and O–H groups in total. The van der Waals surface area contributed by atoms with Crippen LogP contribution in [0.5, 0.6) is 0 Å². The summed E-state index contributed by atoms with van der Waals surface area (Å²) >= 11 is 0. The van der Waals surface area contributed by atoms with Crippen molar-refractivity contribution in [3.05, 3.63) is 112 Å². The van der Waals surface area contributed by atoms with Crippen LogP contribution in [-0.2, 0) is 26.1 Å². The number of benzene rings is 1. The van der Waals surface area contributed by atoms with Crippen LogP contribution in [0.15, 0.2) is 67.4 Å². The number of pyridine rings is 2. The second-order valence-corrected chi connectivity index (χ2v) is 9.53. The third-order valence-corrected chi connectivity index (χ3v) is 6.94. The fraction of sp³-hybridized carbons (Fsp3) is 0.310. The Morgan fingerprint density at radius 3 is 2.81 bits per heavy atom. The number of aryl methyl sites for hydroxylation is 3. The van der Waals surface area contributed by atoms with Crippen molar-refractivity contribution < 1.29 is 4.79 Å². The van der Waals surface area contributed by atoms with Crippen LogP contribution >= 0.6 is 0 Å². The summed E-state index contributed by atoms with van der Waals surface area (Å²) in [4.78, 5) is 31.9. The summed E-state index contributed by atoms with van der Waals surface area (Å²) in [6.07, 6.45) is 10.6. The van der Waals surface area contributed by atoms with Gasteiger partial charge in [-0.05, 0) is 67.5 Å². The van der Waals surface area contributed by atoms with Gasteiger partial charge in [0.05, 0.1) is 29.3 Å². The first-order valence-electron chi connectivity index (χ1n) is 12.5. The number of hydrogen-bond acceptors (Lipinski definition) is 5.